The highest BCUT2D eigenvalue weighted by Gasteiger charge is 2.06. The monoisotopic (exact) mass is 285 g/mol. The summed E-state index contributed by atoms with van der Waals surface area (Å²) < 4.78 is 2.13. The van der Waals surface area contributed by atoms with Crippen LogP contribution in [0.3, 0.4) is 0 Å². The van der Waals surface area contributed by atoms with Gasteiger partial charge in [0.25, 0.3) is 0 Å². The van der Waals surface area contributed by atoms with E-state index in [2.05, 4.69) is 59.5 Å². The van der Waals surface area contributed by atoms with Gasteiger partial charge in [0.05, 0.1) is 23.1 Å². The van der Waals surface area contributed by atoms with Crippen molar-refractivity contribution < 1.29 is 0 Å². The number of hydrogen-bond acceptors (Lipinski definition) is 2. The van der Waals surface area contributed by atoms with Crippen molar-refractivity contribution in [3.05, 3.63) is 48.8 Å². The summed E-state index contributed by atoms with van der Waals surface area (Å²) in [6.45, 7) is 20.8. The number of rotatable bonds is 3. The van der Waals surface area contributed by atoms with Crippen LogP contribution in [0, 0.1) is 0 Å². The Morgan fingerprint density at radius 2 is 1.86 bits per heavy atom. The highest BCUT2D eigenvalue weighted by atomic mass is 15.0. The van der Waals surface area contributed by atoms with Crippen LogP contribution in [0.1, 0.15) is 40.2 Å². The predicted molar refractivity (Wildman–Crippen MR) is 95.8 cm³/mol. The molecule has 114 valence electrons. The van der Waals surface area contributed by atoms with Crippen LogP contribution in [-0.2, 0) is 6.54 Å². The van der Waals surface area contributed by atoms with Gasteiger partial charge >= 0.3 is 0 Å². The highest BCUT2D eigenvalue weighted by molar-refractivity contribution is 5.82. The van der Waals surface area contributed by atoms with E-state index in [1.165, 1.54) is 0 Å². The van der Waals surface area contributed by atoms with Crippen LogP contribution >= 0.6 is 0 Å². The van der Waals surface area contributed by atoms with Gasteiger partial charge in [-0.25, -0.2) is 4.98 Å². The number of aryl methyl sites for hydroxylation is 1. The summed E-state index contributed by atoms with van der Waals surface area (Å²) in [5.41, 5.74) is 5.35. The van der Waals surface area contributed by atoms with Gasteiger partial charge in [-0.1, -0.05) is 25.5 Å². The van der Waals surface area contributed by atoms with Gasteiger partial charge in [-0.3, -0.25) is 4.99 Å². The summed E-state index contributed by atoms with van der Waals surface area (Å²) in [5.74, 6) is 0. The summed E-state index contributed by atoms with van der Waals surface area (Å²) in [4.78, 5) is 8.49. The SMILES string of the molecule is C=C.C=NC(=C(C)C)c1ccc2c(c1)ncn2CC.CC. The second-order valence-corrected chi connectivity index (χ2v) is 4.24. The van der Waals surface area contributed by atoms with Crippen molar-refractivity contribution in [2.45, 2.75) is 41.2 Å². The van der Waals surface area contributed by atoms with Crippen molar-refractivity contribution in [2.24, 2.45) is 4.99 Å². The second kappa shape index (κ2) is 9.70. The molecule has 0 unspecified atom stereocenters. The summed E-state index contributed by atoms with van der Waals surface area (Å²) in [7, 11) is 0. The average Bonchev–Trinajstić information content (AvgIpc) is 2.94. The quantitative estimate of drug-likeness (QED) is 0.553. The maximum Gasteiger partial charge on any atom is 0.0958 e. The molecular weight excluding hydrogens is 258 g/mol. The molecule has 1 aromatic heterocycles. The lowest BCUT2D eigenvalue weighted by Gasteiger charge is -2.05. The minimum absolute atomic E-state index is 0.936. The molecule has 3 heteroatoms. The Morgan fingerprint density at radius 1 is 1.24 bits per heavy atom. The molecule has 3 nitrogen and oxygen atoms in total. The molecule has 2 rings (SSSR count). The second-order valence-electron chi connectivity index (χ2n) is 4.24. The topological polar surface area (TPSA) is 30.2 Å². The minimum atomic E-state index is 0.936. The molecule has 0 saturated heterocycles. The van der Waals surface area contributed by atoms with Crippen LogP contribution in [0.25, 0.3) is 16.7 Å². The van der Waals surface area contributed by atoms with Gasteiger partial charge in [0.15, 0.2) is 0 Å². The third kappa shape index (κ3) is 4.42. The van der Waals surface area contributed by atoms with E-state index in [-0.39, 0.29) is 0 Å². The number of allylic oxidation sites excluding steroid dienone is 1. The fourth-order valence-electron chi connectivity index (χ4n) is 2.00. The molecule has 0 amide bonds. The number of aromatic nitrogens is 2. The van der Waals surface area contributed by atoms with E-state index in [9.17, 15) is 0 Å². The zero-order valence-corrected chi connectivity index (χ0v) is 14.0. The molecule has 0 fully saturated rings. The first-order valence-corrected chi connectivity index (χ1v) is 7.26. The number of nitrogens with zero attached hydrogens (tertiary/aromatic N) is 3. The van der Waals surface area contributed by atoms with Gasteiger partial charge in [0, 0.05) is 12.1 Å². The van der Waals surface area contributed by atoms with Gasteiger partial charge in [0.2, 0.25) is 0 Å². The lowest BCUT2D eigenvalue weighted by atomic mass is 10.1. The molecule has 0 spiro atoms. The number of benzene rings is 1. The highest BCUT2D eigenvalue weighted by Crippen LogP contribution is 2.23. The number of imidazole rings is 1. The van der Waals surface area contributed by atoms with Gasteiger partial charge in [-0.05, 0) is 39.6 Å². The van der Waals surface area contributed by atoms with Crippen LogP contribution in [0.4, 0.5) is 0 Å². The van der Waals surface area contributed by atoms with Crippen LogP contribution in [0.15, 0.2) is 48.2 Å². The van der Waals surface area contributed by atoms with Crippen molar-refractivity contribution in [3.63, 3.8) is 0 Å². The average molecular weight is 285 g/mol. The summed E-state index contributed by atoms with van der Waals surface area (Å²) in [6, 6.07) is 6.24. The Morgan fingerprint density at radius 3 is 2.33 bits per heavy atom. The first-order valence-electron chi connectivity index (χ1n) is 7.26. The number of hydrogen-bond donors (Lipinski definition) is 0. The van der Waals surface area contributed by atoms with E-state index >= 15 is 0 Å². The summed E-state index contributed by atoms with van der Waals surface area (Å²) in [6.07, 6.45) is 1.87. The molecule has 1 aromatic carbocycles. The van der Waals surface area contributed by atoms with Crippen molar-refractivity contribution in [1.82, 2.24) is 9.55 Å². The smallest absolute Gasteiger partial charge is 0.0958 e. The maximum atomic E-state index is 4.40. The molecule has 0 saturated carbocycles. The molecule has 0 aliphatic heterocycles. The summed E-state index contributed by atoms with van der Waals surface area (Å²) >= 11 is 0. The van der Waals surface area contributed by atoms with Crippen molar-refractivity contribution in [2.75, 3.05) is 0 Å². The zero-order valence-electron chi connectivity index (χ0n) is 14.0. The third-order valence-corrected chi connectivity index (χ3v) is 2.87. The van der Waals surface area contributed by atoms with E-state index < -0.39 is 0 Å². The fourth-order valence-corrected chi connectivity index (χ4v) is 2.00. The lowest BCUT2D eigenvalue weighted by Crippen LogP contribution is -1.91. The van der Waals surface area contributed by atoms with Gasteiger partial charge < -0.3 is 4.57 Å². The standard InChI is InChI=1S/C14H17N3.C2H6.C2H4/c1-5-17-9-16-12-8-11(6-7-13(12)17)14(15-4)10(2)3;2*1-2/h6-9H,4-5H2,1-3H3;1-2H3;1-2H2. The van der Waals surface area contributed by atoms with Gasteiger partial charge in [0.1, 0.15) is 0 Å². The number of fused-ring (bicyclic) bond motifs is 1. The molecule has 0 aliphatic carbocycles. The minimum Gasteiger partial charge on any atom is -0.331 e. The molecule has 0 radical (unpaired) electrons. The largest absolute Gasteiger partial charge is 0.331 e. The van der Waals surface area contributed by atoms with Crippen molar-refractivity contribution in [1.29, 1.82) is 0 Å². The first-order chi connectivity index (χ1) is 10.2. The third-order valence-electron chi connectivity index (χ3n) is 2.87. The molecule has 2 aromatic rings. The molecule has 0 atom stereocenters. The Bertz CT molecular complexity index is 602. The molecular formula is C18H27N3. The molecule has 21 heavy (non-hydrogen) atoms. The molecule has 1 heterocycles. The fraction of sp³-hybridized carbons (Fsp3) is 0.333. The lowest BCUT2D eigenvalue weighted by molar-refractivity contribution is 0.787. The van der Waals surface area contributed by atoms with E-state index in [4.69, 9.17) is 0 Å². The van der Waals surface area contributed by atoms with E-state index in [0.29, 0.717) is 0 Å². The summed E-state index contributed by atoms with van der Waals surface area (Å²) in [5, 5.41) is 0. The van der Waals surface area contributed by atoms with Gasteiger partial charge in [-0.15, -0.1) is 13.2 Å². The maximum absolute atomic E-state index is 4.40. The Balaban J connectivity index is 0.000000921. The number of aliphatic imine (C=N–C) groups is 1. The predicted octanol–water partition coefficient (Wildman–Crippen LogP) is 5.34. The molecule has 0 N–H and O–H groups in total. The van der Waals surface area contributed by atoms with Crippen molar-refractivity contribution in [3.8, 4) is 0 Å². The van der Waals surface area contributed by atoms with Gasteiger partial charge in [-0.2, -0.15) is 0 Å². The van der Waals surface area contributed by atoms with Crippen LogP contribution in [-0.4, -0.2) is 16.3 Å². The van der Waals surface area contributed by atoms with Crippen LogP contribution < -0.4 is 0 Å². The van der Waals surface area contributed by atoms with E-state index in [0.717, 1.165) is 34.4 Å². The Labute approximate surface area is 128 Å². The normalized spacial score (nSPS) is 9.00. The van der Waals surface area contributed by atoms with Crippen LogP contribution in [0.5, 0.6) is 0 Å². The van der Waals surface area contributed by atoms with Crippen molar-refractivity contribution >= 4 is 23.4 Å². The Hall–Kier alpha value is -2.16. The Kier molecular flexibility index (Phi) is 8.70. The molecule has 0 bridgehead atoms. The van der Waals surface area contributed by atoms with Crippen LogP contribution in [0.2, 0.25) is 0 Å². The molecule has 0 aliphatic rings. The van der Waals surface area contributed by atoms with E-state index in [1.54, 1.807) is 0 Å². The van der Waals surface area contributed by atoms with E-state index in [1.807, 2.05) is 34.0 Å². The first kappa shape index (κ1) is 18.8. The zero-order chi connectivity index (χ0) is 16.4.